The van der Waals surface area contributed by atoms with Gasteiger partial charge in [0.05, 0.1) is 16.0 Å². The highest BCUT2D eigenvalue weighted by Gasteiger charge is 2.64. The molecule has 0 bridgehead atoms. The standard InChI is InChI=1S/C12H11Cl2NO2S/c1-2-8-6-12(8,7-15)18(16,17)11-5-9(13)3-4-10(11)14/h3-5,8H,2,6H2,1H3. The van der Waals surface area contributed by atoms with Gasteiger partial charge in [-0.15, -0.1) is 0 Å². The Bertz CT molecular complexity index is 636. The van der Waals surface area contributed by atoms with Gasteiger partial charge in [-0.25, -0.2) is 8.42 Å². The van der Waals surface area contributed by atoms with E-state index in [1.807, 2.05) is 13.0 Å². The quantitative estimate of drug-likeness (QED) is 0.859. The largest absolute Gasteiger partial charge is 0.222 e. The topological polar surface area (TPSA) is 57.9 Å². The molecular weight excluding hydrogens is 293 g/mol. The summed E-state index contributed by atoms with van der Waals surface area (Å²) in [6.45, 7) is 1.87. The maximum absolute atomic E-state index is 12.5. The Kier molecular flexibility index (Phi) is 3.35. The van der Waals surface area contributed by atoms with Gasteiger partial charge in [-0.2, -0.15) is 5.26 Å². The van der Waals surface area contributed by atoms with E-state index in [0.29, 0.717) is 17.9 Å². The predicted molar refractivity (Wildman–Crippen MR) is 70.4 cm³/mol. The van der Waals surface area contributed by atoms with E-state index in [4.69, 9.17) is 23.2 Å². The van der Waals surface area contributed by atoms with Crippen molar-refractivity contribution >= 4 is 33.0 Å². The summed E-state index contributed by atoms with van der Waals surface area (Å²) < 4.78 is 23.7. The van der Waals surface area contributed by atoms with E-state index >= 15 is 0 Å². The molecule has 0 heterocycles. The Morgan fingerprint density at radius 3 is 2.67 bits per heavy atom. The van der Waals surface area contributed by atoms with Crippen molar-refractivity contribution in [3.05, 3.63) is 28.2 Å². The highest BCUT2D eigenvalue weighted by Crippen LogP contribution is 2.54. The third-order valence-electron chi connectivity index (χ3n) is 3.39. The molecule has 3 nitrogen and oxygen atoms in total. The van der Waals surface area contributed by atoms with Crippen molar-refractivity contribution in [3.8, 4) is 6.07 Å². The fourth-order valence-electron chi connectivity index (χ4n) is 2.19. The third-order valence-corrected chi connectivity index (χ3v) is 6.54. The van der Waals surface area contributed by atoms with E-state index in [2.05, 4.69) is 0 Å². The van der Waals surface area contributed by atoms with Crippen molar-refractivity contribution in [3.63, 3.8) is 0 Å². The molecule has 1 aromatic rings. The van der Waals surface area contributed by atoms with Gasteiger partial charge in [0.2, 0.25) is 0 Å². The predicted octanol–water partition coefficient (Wildman–Crippen LogP) is 3.46. The number of benzene rings is 1. The van der Waals surface area contributed by atoms with Crippen LogP contribution in [0.2, 0.25) is 10.0 Å². The first-order valence-corrected chi connectivity index (χ1v) is 7.74. The fraction of sp³-hybridized carbons (Fsp3) is 0.417. The first kappa shape index (κ1) is 13.7. The maximum atomic E-state index is 12.5. The molecule has 1 saturated carbocycles. The van der Waals surface area contributed by atoms with Crippen molar-refractivity contribution in [2.75, 3.05) is 0 Å². The Morgan fingerprint density at radius 1 is 1.50 bits per heavy atom. The van der Waals surface area contributed by atoms with Gasteiger partial charge in [-0.05, 0) is 30.5 Å². The van der Waals surface area contributed by atoms with E-state index in [-0.39, 0.29) is 15.8 Å². The van der Waals surface area contributed by atoms with Crippen LogP contribution < -0.4 is 0 Å². The average Bonchev–Trinajstić information content (AvgIpc) is 3.07. The molecule has 96 valence electrons. The monoisotopic (exact) mass is 303 g/mol. The van der Waals surface area contributed by atoms with Crippen LogP contribution in [0.4, 0.5) is 0 Å². The maximum Gasteiger partial charge on any atom is 0.199 e. The summed E-state index contributed by atoms with van der Waals surface area (Å²) >= 11 is 11.7. The summed E-state index contributed by atoms with van der Waals surface area (Å²) in [4.78, 5) is -0.0471. The van der Waals surface area contributed by atoms with Gasteiger partial charge in [0, 0.05) is 5.02 Å². The SMILES string of the molecule is CCC1CC1(C#N)S(=O)(=O)c1cc(Cl)ccc1Cl. The van der Waals surface area contributed by atoms with Crippen LogP contribution in [-0.4, -0.2) is 13.2 Å². The van der Waals surface area contributed by atoms with Gasteiger partial charge in [0.25, 0.3) is 0 Å². The molecule has 0 radical (unpaired) electrons. The minimum absolute atomic E-state index is 0.0471. The van der Waals surface area contributed by atoms with Crippen LogP contribution in [0.1, 0.15) is 19.8 Å². The Hall–Kier alpha value is -0.760. The van der Waals surface area contributed by atoms with Gasteiger partial charge in [-0.1, -0.05) is 36.5 Å². The Labute approximate surface area is 116 Å². The highest BCUT2D eigenvalue weighted by atomic mass is 35.5. The van der Waals surface area contributed by atoms with Gasteiger partial charge in [0.1, 0.15) is 0 Å². The van der Waals surface area contributed by atoms with E-state index in [9.17, 15) is 13.7 Å². The zero-order valence-corrected chi connectivity index (χ0v) is 12.0. The normalized spacial score (nSPS) is 26.7. The number of halogens is 2. The van der Waals surface area contributed by atoms with Gasteiger partial charge in [0.15, 0.2) is 14.6 Å². The molecule has 1 aliphatic rings. The molecule has 2 atom stereocenters. The molecule has 0 aromatic heterocycles. The van der Waals surface area contributed by atoms with Crippen molar-refractivity contribution in [1.29, 1.82) is 5.26 Å². The van der Waals surface area contributed by atoms with Gasteiger partial charge >= 0.3 is 0 Å². The van der Waals surface area contributed by atoms with E-state index in [1.165, 1.54) is 18.2 Å². The number of rotatable bonds is 3. The van der Waals surface area contributed by atoms with E-state index in [1.54, 1.807) is 0 Å². The zero-order chi connectivity index (χ0) is 13.6. The number of hydrogen-bond donors (Lipinski definition) is 0. The van der Waals surface area contributed by atoms with E-state index < -0.39 is 14.6 Å². The van der Waals surface area contributed by atoms with Crippen LogP contribution in [0.25, 0.3) is 0 Å². The van der Waals surface area contributed by atoms with Crippen molar-refractivity contribution in [2.45, 2.75) is 29.4 Å². The van der Waals surface area contributed by atoms with E-state index in [0.717, 1.165) is 0 Å². The summed E-state index contributed by atoms with van der Waals surface area (Å²) in [7, 11) is -3.77. The summed E-state index contributed by atoms with van der Waals surface area (Å²) in [5.41, 5.74) is 0. The Balaban J connectivity index is 2.57. The second-order valence-corrected chi connectivity index (χ2v) is 7.41. The molecule has 2 rings (SSSR count). The molecule has 0 spiro atoms. The summed E-state index contributed by atoms with van der Waals surface area (Å²) in [5.74, 6) is -0.123. The van der Waals surface area contributed by atoms with Crippen LogP contribution in [0.3, 0.4) is 0 Å². The van der Waals surface area contributed by atoms with Crippen LogP contribution >= 0.6 is 23.2 Å². The smallest absolute Gasteiger partial charge is 0.199 e. The first-order valence-electron chi connectivity index (χ1n) is 5.50. The van der Waals surface area contributed by atoms with Crippen LogP contribution in [0, 0.1) is 17.2 Å². The average molecular weight is 304 g/mol. The molecule has 2 unspecified atom stereocenters. The van der Waals surface area contributed by atoms with Crippen molar-refractivity contribution in [1.82, 2.24) is 0 Å². The first-order chi connectivity index (χ1) is 8.39. The lowest BCUT2D eigenvalue weighted by molar-refractivity contribution is 0.581. The molecule has 1 fully saturated rings. The van der Waals surface area contributed by atoms with Gasteiger partial charge < -0.3 is 0 Å². The molecule has 1 aliphatic carbocycles. The lowest BCUT2D eigenvalue weighted by Gasteiger charge is -2.12. The molecule has 1 aromatic carbocycles. The number of nitrogens with zero attached hydrogens (tertiary/aromatic N) is 1. The molecule has 18 heavy (non-hydrogen) atoms. The minimum Gasteiger partial charge on any atom is -0.222 e. The van der Waals surface area contributed by atoms with Gasteiger partial charge in [-0.3, -0.25) is 0 Å². The summed E-state index contributed by atoms with van der Waals surface area (Å²) in [5, 5.41) is 9.61. The number of nitriles is 1. The molecule has 0 N–H and O–H groups in total. The lowest BCUT2D eigenvalue weighted by atomic mass is 10.3. The summed E-state index contributed by atoms with van der Waals surface area (Å²) in [6.07, 6.45) is 1.02. The van der Waals surface area contributed by atoms with Crippen molar-refractivity contribution < 1.29 is 8.42 Å². The van der Waals surface area contributed by atoms with Crippen LogP contribution in [-0.2, 0) is 9.84 Å². The second kappa shape index (κ2) is 4.41. The zero-order valence-electron chi connectivity index (χ0n) is 9.65. The minimum atomic E-state index is -3.77. The number of sulfone groups is 1. The summed E-state index contributed by atoms with van der Waals surface area (Å²) in [6, 6.07) is 6.21. The third kappa shape index (κ3) is 1.82. The van der Waals surface area contributed by atoms with Crippen LogP contribution in [0.5, 0.6) is 0 Å². The molecule has 0 aliphatic heterocycles. The number of hydrogen-bond acceptors (Lipinski definition) is 3. The second-order valence-electron chi connectivity index (χ2n) is 4.39. The molecular formula is C12H11Cl2NO2S. The highest BCUT2D eigenvalue weighted by molar-refractivity contribution is 7.93. The lowest BCUT2D eigenvalue weighted by Crippen LogP contribution is -2.24. The Morgan fingerprint density at radius 2 is 2.17 bits per heavy atom. The van der Waals surface area contributed by atoms with Crippen molar-refractivity contribution in [2.24, 2.45) is 5.92 Å². The molecule has 0 amide bonds. The molecule has 6 heteroatoms. The molecule has 0 saturated heterocycles. The van der Waals surface area contributed by atoms with Crippen LogP contribution in [0.15, 0.2) is 23.1 Å². The fourth-order valence-corrected chi connectivity index (χ4v) is 4.99.